The topological polar surface area (TPSA) is 73.5 Å². The van der Waals surface area contributed by atoms with Gasteiger partial charge in [0.15, 0.2) is 0 Å². The molecular formula is C26H27N5O2. The number of methoxy groups -OCH3 is 1. The Balaban J connectivity index is 1.40. The Hall–Kier alpha value is -3.84. The number of nitrogens with zero attached hydrogens (tertiary/aromatic N) is 3. The zero-order valence-electron chi connectivity index (χ0n) is 18.6. The first-order chi connectivity index (χ1) is 16.2. The number of H-pyrrole nitrogens is 1. The number of fused-ring (bicyclic) bond motifs is 1. The van der Waals surface area contributed by atoms with Crippen molar-refractivity contribution in [1.29, 1.82) is 0 Å². The molecule has 3 aromatic carbocycles. The first-order valence-electron chi connectivity index (χ1n) is 11.1. The molecule has 4 aromatic rings. The van der Waals surface area contributed by atoms with Crippen LogP contribution in [0.25, 0.3) is 11.0 Å². The molecule has 2 amide bonds. The predicted octanol–water partition coefficient (Wildman–Crippen LogP) is 4.66. The Morgan fingerprint density at radius 1 is 1.06 bits per heavy atom. The van der Waals surface area contributed by atoms with Crippen molar-refractivity contribution in [2.24, 2.45) is 0 Å². The molecule has 1 atom stereocenters. The van der Waals surface area contributed by atoms with Gasteiger partial charge in [-0.05, 0) is 29.8 Å². The summed E-state index contributed by atoms with van der Waals surface area (Å²) in [6, 6.07) is 25.4. The number of piperazine rings is 1. The van der Waals surface area contributed by atoms with E-state index in [0.717, 1.165) is 29.9 Å². The zero-order chi connectivity index (χ0) is 22.6. The number of para-hydroxylation sites is 2. The second-order valence-electron chi connectivity index (χ2n) is 8.23. The molecule has 0 spiro atoms. The van der Waals surface area contributed by atoms with Gasteiger partial charge in [-0.1, -0.05) is 48.5 Å². The number of imidazole rings is 1. The van der Waals surface area contributed by atoms with Crippen molar-refractivity contribution in [3.05, 3.63) is 90.3 Å². The van der Waals surface area contributed by atoms with Crippen molar-refractivity contribution in [3.63, 3.8) is 0 Å². The Bertz CT molecular complexity index is 1210. The van der Waals surface area contributed by atoms with E-state index >= 15 is 0 Å². The average Bonchev–Trinajstić information content (AvgIpc) is 3.29. The highest BCUT2D eigenvalue weighted by atomic mass is 16.5. The third-order valence-corrected chi connectivity index (χ3v) is 6.02. The second-order valence-corrected chi connectivity index (χ2v) is 8.23. The number of nitrogens with one attached hydrogen (secondary N) is 2. The number of carbonyl (C=O) groups excluding carboxylic acids is 1. The van der Waals surface area contributed by atoms with Crippen LogP contribution in [-0.2, 0) is 6.54 Å². The summed E-state index contributed by atoms with van der Waals surface area (Å²) in [5.74, 6) is 1.50. The van der Waals surface area contributed by atoms with E-state index in [2.05, 4.69) is 39.5 Å². The molecule has 1 aromatic heterocycles. The summed E-state index contributed by atoms with van der Waals surface area (Å²) in [7, 11) is 1.62. The third-order valence-electron chi connectivity index (χ3n) is 6.02. The van der Waals surface area contributed by atoms with Gasteiger partial charge in [0.1, 0.15) is 17.6 Å². The molecular weight excluding hydrogens is 414 g/mol. The number of benzene rings is 3. The van der Waals surface area contributed by atoms with Gasteiger partial charge in [-0.25, -0.2) is 9.78 Å². The minimum atomic E-state index is -0.194. The van der Waals surface area contributed by atoms with Gasteiger partial charge in [0.05, 0.1) is 18.1 Å². The van der Waals surface area contributed by atoms with E-state index in [1.54, 1.807) is 7.11 Å². The van der Waals surface area contributed by atoms with Crippen LogP contribution >= 0.6 is 0 Å². The minimum absolute atomic E-state index is 0.145. The summed E-state index contributed by atoms with van der Waals surface area (Å²) in [6.07, 6.45) is 0. The van der Waals surface area contributed by atoms with Crippen molar-refractivity contribution in [3.8, 4) is 5.75 Å². The molecule has 1 aliphatic heterocycles. The Morgan fingerprint density at radius 3 is 2.70 bits per heavy atom. The molecule has 1 aliphatic rings. The molecule has 168 valence electrons. The van der Waals surface area contributed by atoms with E-state index in [1.165, 1.54) is 5.56 Å². The lowest BCUT2D eigenvalue weighted by atomic mass is 10.1. The van der Waals surface area contributed by atoms with E-state index in [4.69, 9.17) is 9.72 Å². The fourth-order valence-corrected chi connectivity index (χ4v) is 4.33. The third kappa shape index (κ3) is 4.68. The number of urea groups is 1. The van der Waals surface area contributed by atoms with Gasteiger partial charge in [0, 0.05) is 37.9 Å². The van der Waals surface area contributed by atoms with Crippen molar-refractivity contribution < 1.29 is 9.53 Å². The van der Waals surface area contributed by atoms with Gasteiger partial charge in [0.2, 0.25) is 0 Å². The van der Waals surface area contributed by atoms with E-state index in [9.17, 15) is 4.79 Å². The Labute approximate surface area is 193 Å². The SMILES string of the molecule is COc1cccc(NC(=O)N2CCN(Cc3ccccc3)CC2c2nc3ccccc3[nH]2)c1. The minimum Gasteiger partial charge on any atom is -0.497 e. The number of aromatic amines is 1. The maximum Gasteiger partial charge on any atom is 0.322 e. The number of anilines is 1. The first kappa shape index (κ1) is 21.0. The number of amides is 2. The maximum absolute atomic E-state index is 13.3. The number of hydrogen-bond acceptors (Lipinski definition) is 4. The van der Waals surface area contributed by atoms with Crippen LogP contribution in [0.5, 0.6) is 5.75 Å². The van der Waals surface area contributed by atoms with Gasteiger partial charge >= 0.3 is 6.03 Å². The molecule has 2 N–H and O–H groups in total. The highest BCUT2D eigenvalue weighted by molar-refractivity contribution is 5.90. The van der Waals surface area contributed by atoms with Gasteiger partial charge in [-0.3, -0.25) is 4.90 Å². The molecule has 7 nitrogen and oxygen atoms in total. The Kier molecular flexibility index (Phi) is 5.95. The van der Waals surface area contributed by atoms with Crippen LogP contribution in [0.15, 0.2) is 78.9 Å². The van der Waals surface area contributed by atoms with Gasteiger partial charge < -0.3 is 19.9 Å². The predicted molar refractivity (Wildman–Crippen MR) is 129 cm³/mol. The monoisotopic (exact) mass is 441 g/mol. The lowest BCUT2D eigenvalue weighted by Crippen LogP contribution is -2.51. The van der Waals surface area contributed by atoms with Crippen LogP contribution < -0.4 is 10.1 Å². The molecule has 1 fully saturated rings. The number of hydrogen-bond donors (Lipinski definition) is 2. The summed E-state index contributed by atoms with van der Waals surface area (Å²) in [5, 5.41) is 3.03. The summed E-state index contributed by atoms with van der Waals surface area (Å²) in [4.78, 5) is 25.9. The maximum atomic E-state index is 13.3. The quantitative estimate of drug-likeness (QED) is 0.472. The smallest absolute Gasteiger partial charge is 0.322 e. The van der Waals surface area contributed by atoms with E-state index < -0.39 is 0 Å². The molecule has 0 bridgehead atoms. The highest BCUT2D eigenvalue weighted by Gasteiger charge is 2.33. The van der Waals surface area contributed by atoms with E-state index in [1.807, 2.05) is 59.5 Å². The van der Waals surface area contributed by atoms with Gasteiger partial charge in [0.25, 0.3) is 0 Å². The lowest BCUT2D eigenvalue weighted by Gasteiger charge is -2.40. The van der Waals surface area contributed by atoms with Crippen molar-refractivity contribution in [2.75, 3.05) is 32.1 Å². The highest BCUT2D eigenvalue weighted by Crippen LogP contribution is 2.28. The van der Waals surface area contributed by atoms with E-state index in [-0.39, 0.29) is 12.1 Å². The van der Waals surface area contributed by atoms with Crippen LogP contribution in [0.3, 0.4) is 0 Å². The molecule has 1 unspecified atom stereocenters. The lowest BCUT2D eigenvalue weighted by molar-refractivity contribution is 0.0923. The van der Waals surface area contributed by atoms with Crippen molar-refractivity contribution >= 4 is 22.8 Å². The number of aromatic nitrogens is 2. The standard InChI is InChI=1S/C26H27N5O2/c1-33-21-11-7-10-20(16-21)27-26(32)31-15-14-30(17-19-8-3-2-4-9-19)18-24(31)25-28-22-12-5-6-13-23(22)29-25/h2-13,16,24H,14-15,17-18H2,1H3,(H,27,32)(H,28,29). The molecule has 33 heavy (non-hydrogen) atoms. The summed E-state index contributed by atoms with van der Waals surface area (Å²) >= 11 is 0. The van der Waals surface area contributed by atoms with Crippen molar-refractivity contribution in [2.45, 2.75) is 12.6 Å². The fourth-order valence-electron chi connectivity index (χ4n) is 4.33. The Morgan fingerprint density at radius 2 is 1.88 bits per heavy atom. The summed E-state index contributed by atoms with van der Waals surface area (Å²) in [6.45, 7) is 2.92. The van der Waals surface area contributed by atoms with E-state index in [0.29, 0.717) is 24.5 Å². The molecule has 0 saturated carbocycles. The van der Waals surface area contributed by atoms with Crippen LogP contribution in [0.2, 0.25) is 0 Å². The first-order valence-corrected chi connectivity index (χ1v) is 11.1. The second kappa shape index (κ2) is 9.34. The fraction of sp³-hybridized carbons (Fsp3) is 0.231. The number of ether oxygens (including phenoxy) is 1. The number of carbonyl (C=O) groups is 1. The van der Waals surface area contributed by atoms with Gasteiger partial charge in [-0.15, -0.1) is 0 Å². The molecule has 0 aliphatic carbocycles. The van der Waals surface area contributed by atoms with Crippen LogP contribution in [0.1, 0.15) is 17.4 Å². The van der Waals surface area contributed by atoms with Gasteiger partial charge in [-0.2, -0.15) is 0 Å². The molecule has 5 rings (SSSR count). The van der Waals surface area contributed by atoms with Crippen molar-refractivity contribution in [1.82, 2.24) is 19.8 Å². The van der Waals surface area contributed by atoms with Crippen LogP contribution in [0.4, 0.5) is 10.5 Å². The largest absolute Gasteiger partial charge is 0.497 e. The number of rotatable bonds is 5. The normalized spacial score (nSPS) is 16.6. The molecule has 1 saturated heterocycles. The molecule has 7 heteroatoms. The van der Waals surface area contributed by atoms with Crippen LogP contribution in [0, 0.1) is 0 Å². The average molecular weight is 442 g/mol. The summed E-state index contributed by atoms with van der Waals surface area (Å²) in [5.41, 5.74) is 3.84. The molecule has 2 heterocycles. The zero-order valence-corrected chi connectivity index (χ0v) is 18.6. The molecule has 0 radical (unpaired) electrons. The van der Waals surface area contributed by atoms with Crippen LogP contribution in [-0.4, -0.2) is 52.5 Å². The summed E-state index contributed by atoms with van der Waals surface area (Å²) < 4.78 is 5.29.